The molecule has 4 heteroatoms. The molecule has 0 saturated carbocycles. The molecule has 1 aromatic carbocycles. The molecule has 0 radical (unpaired) electrons. The minimum Gasteiger partial charge on any atom is -0.379 e. The first-order chi connectivity index (χ1) is 6.66. The monoisotopic (exact) mass is 273 g/mol. The second kappa shape index (κ2) is 3.95. The molecule has 0 bridgehead atoms. The van der Waals surface area contributed by atoms with Crippen LogP contribution in [-0.2, 0) is 0 Å². The van der Waals surface area contributed by atoms with Crippen molar-refractivity contribution in [2.24, 2.45) is 0 Å². The standard InChI is InChI=1S/C10H9BrFNS/c11-7-1-2-8(9(12)4-7)6-3-10(14)13-5-6/h1-2,4,6H,3,5H2,(H,13,14)/t6-/m0/s1. The van der Waals surface area contributed by atoms with E-state index in [1.165, 1.54) is 6.07 Å². The Morgan fingerprint density at radius 3 is 2.86 bits per heavy atom. The van der Waals surface area contributed by atoms with Gasteiger partial charge in [-0.3, -0.25) is 0 Å². The fraction of sp³-hybridized carbons (Fsp3) is 0.300. The minimum atomic E-state index is -0.157. The first kappa shape index (κ1) is 10.1. The first-order valence-electron chi connectivity index (χ1n) is 4.38. The van der Waals surface area contributed by atoms with Gasteiger partial charge in [-0.25, -0.2) is 4.39 Å². The summed E-state index contributed by atoms with van der Waals surface area (Å²) in [6, 6.07) is 5.18. The van der Waals surface area contributed by atoms with Crippen LogP contribution in [0, 0.1) is 5.82 Å². The van der Waals surface area contributed by atoms with E-state index in [9.17, 15) is 4.39 Å². The number of hydrogen-bond acceptors (Lipinski definition) is 1. The summed E-state index contributed by atoms with van der Waals surface area (Å²) in [6.45, 7) is 0.747. The van der Waals surface area contributed by atoms with Gasteiger partial charge in [0.2, 0.25) is 0 Å². The van der Waals surface area contributed by atoms with Crippen LogP contribution in [0.5, 0.6) is 0 Å². The lowest BCUT2D eigenvalue weighted by Gasteiger charge is -2.09. The quantitative estimate of drug-likeness (QED) is 0.790. The van der Waals surface area contributed by atoms with E-state index in [1.807, 2.05) is 12.1 Å². The van der Waals surface area contributed by atoms with Crippen LogP contribution in [0.1, 0.15) is 17.9 Å². The molecule has 0 aromatic heterocycles. The molecule has 1 fully saturated rings. The highest BCUT2D eigenvalue weighted by Crippen LogP contribution is 2.27. The SMILES string of the molecule is Fc1cc(Br)ccc1[C@@H]1CNC(=S)C1. The molecule has 1 aromatic rings. The summed E-state index contributed by atoms with van der Waals surface area (Å²) < 4.78 is 14.3. The summed E-state index contributed by atoms with van der Waals surface area (Å²) in [6.07, 6.45) is 0.758. The highest BCUT2D eigenvalue weighted by molar-refractivity contribution is 9.10. The van der Waals surface area contributed by atoms with Crippen molar-refractivity contribution in [3.05, 3.63) is 34.1 Å². The first-order valence-corrected chi connectivity index (χ1v) is 5.58. The van der Waals surface area contributed by atoms with E-state index in [2.05, 4.69) is 21.2 Å². The maximum absolute atomic E-state index is 13.5. The van der Waals surface area contributed by atoms with Crippen molar-refractivity contribution in [2.75, 3.05) is 6.54 Å². The molecule has 14 heavy (non-hydrogen) atoms. The maximum Gasteiger partial charge on any atom is 0.127 e. The van der Waals surface area contributed by atoms with Crippen molar-refractivity contribution < 1.29 is 4.39 Å². The topological polar surface area (TPSA) is 12.0 Å². The number of hydrogen-bond donors (Lipinski definition) is 1. The molecule has 1 heterocycles. The number of thiocarbonyl (C=S) groups is 1. The lowest BCUT2D eigenvalue weighted by atomic mass is 9.98. The van der Waals surface area contributed by atoms with E-state index in [0.717, 1.165) is 28.0 Å². The molecule has 0 spiro atoms. The van der Waals surface area contributed by atoms with E-state index >= 15 is 0 Å². The van der Waals surface area contributed by atoms with Crippen molar-refractivity contribution in [3.8, 4) is 0 Å². The zero-order valence-corrected chi connectivity index (χ0v) is 9.79. The average molecular weight is 274 g/mol. The summed E-state index contributed by atoms with van der Waals surface area (Å²) >= 11 is 8.26. The maximum atomic E-state index is 13.5. The Bertz CT molecular complexity index is 380. The van der Waals surface area contributed by atoms with Gasteiger partial charge in [0.05, 0.1) is 4.99 Å². The molecular formula is C10H9BrFNS. The van der Waals surface area contributed by atoms with Crippen LogP contribution in [0.4, 0.5) is 4.39 Å². The van der Waals surface area contributed by atoms with Gasteiger partial charge in [0, 0.05) is 23.4 Å². The summed E-state index contributed by atoms with van der Waals surface area (Å²) in [4.78, 5) is 0.831. The second-order valence-electron chi connectivity index (χ2n) is 3.37. The van der Waals surface area contributed by atoms with Crippen LogP contribution >= 0.6 is 28.1 Å². The number of rotatable bonds is 1. The molecule has 1 N–H and O–H groups in total. The lowest BCUT2D eigenvalue weighted by Crippen LogP contribution is -2.12. The van der Waals surface area contributed by atoms with E-state index in [4.69, 9.17) is 12.2 Å². The number of nitrogens with one attached hydrogen (secondary N) is 1. The Labute approximate surface area is 95.8 Å². The van der Waals surface area contributed by atoms with Crippen LogP contribution in [-0.4, -0.2) is 11.5 Å². The van der Waals surface area contributed by atoms with Gasteiger partial charge in [0.25, 0.3) is 0 Å². The van der Waals surface area contributed by atoms with Gasteiger partial charge >= 0.3 is 0 Å². The summed E-state index contributed by atoms with van der Waals surface area (Å²) in [5.41, 5.74) is 0.751. The third kappa shape index (κ3) is 1.96. The number of benzene rings is 1. The average Bonchev–Trinajstić information content (AvgIpc) is 2.51. The van der Waals surface area contributed by atoms with Crippen LogP contribution in [0.15, 0.2) is 22.7 Å². The molecule has 1 atom stereocenters. The Kier molecular flexibility index (Phi) is 2.83. The Hall–Kier alpha value is -0.480. The molecule has 1 nitrogen and oxygen atoms in total. The molecule has 0 unspecified atom stereocenters. The van der Waals surface area contributed by atoms with E-state index in [-0.39, 0.29) is 11.7 Å². The van der Waals surface area contributed by atoms with Crippen molar-refractivity contribution >= 4 is 33.1 Å². The molecule has 2 rings (SSSR count). The molecular weight excluding hydrogens is 265 g/mol. The van der Waals surface area contributed by atoms with Gasteiger partial charge < -0.3 is 5.32 Å². The fourth-order valence-electron chi connectivity index (χ4n) is 1.66. The second-order valence-corrected chi connectivity index (χ2v) is 4.78. The van der Waals surface area contributed by atoms with Crippen molar-refractivity contribution in [1.82, 2.24) is 5.32 Å². The van der Waals surface area contributed by atoms with Crippen molar-refractivity contribution in [3.63, 3.8) is 0 Å². The molecule has 1 saturated heterocycles. The molecule has 74 valence electrons. The van der Waals surface area contributed by atoms with Gasteiger partial charge in [-0.1, -0.05) is 34.2 Å². The predicted octanol–water partition coefficient (Wildman–Crippen LogP) is 2.99. The Balaban J connectivity index is 2.28. The summed E-state index contributed by atoms with van der Waals surface area (Å²) in [7, 11) is 0. The van der Waals surface area contributed by atoms with Gasteiger partial charge in [-0.15, -0.1) is 0 Å². The number of halogens is 2. The fourth-order valence-corrected chi connectivity index (χ4v) is 2.28. The molecule has 1 aliphatic rings. The molecule has 1 aliphatic heterocycles. The minimum absolute atomic E-state index is 0.157. The Morgan fingerprint density at radius 1 is 1.50 bits per heavy atom. The van der Waals surface area contributed by atoms with Crippen LogP contribution in [0.25, 0.3) is 0 Å². The largest absolute Gasteiger partial charge is 0.379 e. The third-order valence-corrected chi connectivity index (χ3v) is 3.18. The zero-order valence-electron chi connectivity index (χ0n) is 7.39. The smallest absolute Gasteiger partial charge is 0.127 e. The van der Waals surface area contributed by atoms with Gasteiger partial charge in [0.15, 0.2) is 0 Å². The summed E-state index contributed by atoms with van der Waals surface area (Å²) in [5, 5.41) is 3.06. The van der Waals surface area contributed by atoms with Gasteiger partial charge in [-0.05, 0) is 17.7 Å². The van der Waals surface area contributed by atoms with E-state index < -0.39 is 0 Å². The molecule has 0 amide bonds. The summed E-state index contributed by atoms with van der Waals surface area (Å²) in [5.74, 6) is 0.0338. The lowest BCUT2D eigenvalue weighted by molar-refractivity contribution is 0.588. The van der Waals surface area contributed by atoms with Crippen LogP contribution < -0.4 is 5.32 Å². The highest BCUT2D eigenvalue weighted by atomic mass is 79.9. The van der Waals surface area contributed by atoms with Crippen molar-refractivity contribution in [1.29, 1.82) is 0 Å². The van der Waals surface area contributed by atoms with Gasteiger partial charge in [-0.2, -0.15) is 0 Å². The Morgan fingerprint density at radius 2 is 2.29 bits per heavy atom. The van der Waals surface area contributed by atoms with Gasteiger partial charge in [0.1, 0.15) is 5.82 Å². The van der Waals surface area contributed by atoms with E-state index in [1.54, 1.807) is 0 Å². The highest BCUT2D eigenvalue weighted by Gasteiger charge is 2.22. The normalized spacial score (nSPS) is 21.0. The molecule has 0 aliphatic carbocycles. The van der Waals surface area contributed by atoms with Crippen LogP contribution in [0.2, 0.25) is 0 Å². The third-order valence-electron chi connectivity index (χ3n) is 2.38. The van der Waals surface area contributed by atoms with E-state index in [0.29, 0.717) is 0 Å². The van der Waals surface area contributed by atoms with Crippen molar-refractivity contribution in [2.45, 2.75) is 12.3 Å². The predicted molar refractivity (Wildman–Crippen MR) is 62.1 cm³/mol. The van der Waals surface area contributed by atoms with Crippen LogP contribution in [0.3, 0.4) is 0 Å². The zero-order chi connectivity index (χ0) is 10.1.